The van der Waals surface area contributed by atoms with Crippen LogP contribution in [-0.2, 0) is 22.6 Å². The molecule has 1 amide bonds. The topological polar surface area (TPSA) is 91.0 Å². The normalized spacial score (nSPS) is 15.5. The zero-order valence-corrected chi connectivity index (χ0v) is 31.9. The van der Waals surface area contributed by atoms with Gasteiger partial charge in [0.15, 0.2) is 6.73 Å². The van der Waals surface area contributed by atoms with Crippen LogP contribution in [-0.4, -0.2) is 47.9 Å². The lowest BCUT2D eigenvalue weighted by Crippen LogP contribution is -2.41. The predicted molar refractivity (Wildman–Crippen MR) is 214 cm³/mol. The van der Waals surface area contributed by atoms with Crippen molar-refractivity contribution < 1.29 is 32.0 Å². The summed E-state index contributed by atoms with van der Waals surface area (Å²) in [7, 11) is 3.07. The van der Waals surface area contributed by atoms with E-state index < -0.39 is 24.1 Å². The molecule has 56 heavy (non-hydrogen) atoms. The third-order valence-electron chi connectivity index (χ3n) is 11.3. The molecule has 0 atom stereocenters. The largest absolute Gasteiger partial charge is 0.494 e. The zero-order chi connectivity index (χ0) is 39.1. The van der Waals surface area contributed by atoms with E-state index in [2.05, 4.69) is 22.3 Å². The first-order valence-corrected chi connectivity index (χ1v) is 18.5. The molecule has 1 N–H and O–H groups in total. The summed E-state index contributed by atoms with van der Waals surface area (Å²) >= 11 is 0. The number of carbonyl (C=O) groups excluding carboxylic acids is 1. The summed E-state index contributed by atoms with van der Waals surface area (Å²) in [6.07, 6.45) is 0. The molecule has 0 aliphatic carbocycles. The van der Waals surface area contributed by atoms with Gasteiger partial charge in [-0.1, -0.05) is 30.3 Å². The monoisotopic (exact) mass is 752 g/mol. The number of fused-ring (bicyclic) bond motifs is 6. The van der Waals surface area contributed by atoms with Gasteiger partial charge in [-0.25, -0.2) is 13.8 Å². The Balaban J connectivity index is 1.16. The molecule has 12 heteroatoms. The molecule has 7 aromatic rings. The van der Waals surface area contributed by atoms with E-state index in [-0.39, 0.29) is 18.5 Å². The molecule has 9 nitrogen and oxygen atoms in total. The van der Waals surface area contributed by atoms with Crippen LogP contribution in [0, 0.1) is 11.6 Å². The summed E-state index contributed by atoms with van der Waals surface area (Å²) in [6, 6.07) is 28.4. The molecule has 9 rings (SSSR count). The third-order valence-corrected chi connectivity index (χ3v) is 11.3. The van der Waals surface area contributed by atoms with E-state index >= 15 is 0 Å². The number of pyridine rings is 1. The first kappa shape index (κ1) is 35.7. The van der Waals surface area contributed by atoms with Gasteiger partial charge in [0, 0.05) is 54.3 Å². The second-order valence-corrected chi connectivity index (χ2v) is 15.4. The molecule has 2 aliphatic rings. The maximum Gasteiger partial charge on any atom is 0.494 e. The molecule has 0 spiro atoms. The van der Waals surface area contributed by atoms with Gasteiger partial charge in [-0.15, -0.1) is 0 Å². The first-order chi connectivity index (χ1) is 26.8. The van der Waals surface area contributed by atoms with Gasteiger partial charge in [-0.2, -0.15) is 0 Å². The summed E-state index contributed by atoms with van der Waals surface area (Å²) in [5.41, 5.74) is 6.57. The number of carbonyl (C=O) groups is 1. The minimum atomic E-state index is -0.473. The molecule has 0 unspecified atom stereocenters. The lowest BCUT2D eigenvalue weighted by Gasteiger charge is -2.32. The Hall–Kier alpha value is -5.98. The van der Waals surface area contributed by atoms with Gasteiger partial charge in [0.2, 0.25) is 0 Å². The maximum atomic E-state index is 14.9. The van der Waals surface area contributed by atoms with Gasteiger partial charge in [0.05, 0.1) is 33.7 Å². The highest BCUT2D eigenvalue weighted by Crippen LogP contribution is 2.44. The average molecular weight is 753 g/mol. The lowest BCUT2D eigenvalue weighted by molar-refractivity contribution is 0.00578. The van der Waals surface area contributed by atoms with Crippen molar-refractivity contribution in [2.24, 2.45) is 0 Å². The molecule has 0 saturated carbocycles. The van der Waals surface area contributed by atoms with Crippen LogP contribution in [0.3, 0.4) is 0 Å². The quantitative estimate of drug-likeness (QED) is 0.163. The van der Waals surface area contributed by atoms with Gasteiger partial charge in [-0.3, -0.25) is 4.79 Å². The van der Waals surface area contributed by atoms with Crippen LogP contribution in [0.4, 0.5) is 14.5 Å². The van der Waals surface area contributed by atoms with Crippen LogP contribution in [0.15, 0.2) is 101 Å². The zero-order valence-electron chi connectivity index (χ0n) is 31.9. The fourth-order valence-electron chi connectivity index (χ4n) is 7.54. The van der Waals surface area contributed by atoms with E-state index in [1.807, 2.05) is 81.8 Å². The second kappa shape index (κ2) is 13.1. The Morgan fingerprint density at radius 3 is 2.36 bits per heavy atom. The summed E-state index contributed by atoms with van der Waals surface area (Å²) in [5, 5.41) is 3.80. The average Bonchev–Trinajstić information content (AvgIpc) is 3.83. The van der Waals surface area contributed by atoms with Crippen molar-refractivity contribution >= 4 is 46.0 Å². The Morgan fingerprint density at radius 2 is 1.64 bits per heavy atom. The number of ether oxygens (including phenoxy) is 1. The van der Waals surface area contributed by atoms with E-state index in [4.69, 9.17) is 23.4 Å². The second-order valence-electron chi connectivity index (χ2n) is 15.4. The number of furan rings is 1. The minimum Gasteiger partial charge on any atom is -0.470 e. The van der Waals surface area contributed by atoms with Crippen LogP contribution in [0.1, 0.15) is 43.6 Å². The highest BCUT2D eigenvalue weighted by atomic mass is 19.1. The van der Waals surface area contributed by atoms with E-state index in [0.717, 1.165) is 28.0 Å². The summed E-state index contributed by atoms with van der Waals surface area (Å²) in [4.78, 5) is 20.8. The number of halogens is 2. The molecular formula is C44H39BF2N4O5. The predicted octanol–water partition coefficient (Wildman–Crippen LogP) is 8.71. The Labute approximate surface area is 322 Å². The van der Waals surface area contributed by atoms with E-state index in [0.29, 0.717) is 62.4 Å². The molecule has 1 fully saturated rings. The number of anilines is 1. The van der Waals surface area contributed by atoms with Crippen LogP contribution in [0.5, 0.6) is 5.75 Å². The standard InChI is InChI=1S/C44H39BF2N4O5/c1-43(2)44(3,4)56-45(55-43)27-14-10-25(11-15-27)23-50(6)35-22-38-31(39(42(52)48-5)41(54-38)26-12-16-28(46)17-13-26)20-30(35)33-18-19-37-40(49-33)36-21-29-32(47)8-7-9-34(29)51(36)24-53-37/h7-22H,23-24H2,1-6H3,(H,48,52). The minimum absolute atomic E-state index is 0.222. The SMILES string of the molecule is CNC(=O)c1c(-c2ccc(F)cc2)oc2cc(N(C)Cc3ccc(B4OC(C)(C)C(C)(C)O4)cc3)c(-c3ccc4c(n3)-c3cc5c(F)cccc5n3CO4)cc12. The summed E-state index contributed by atoms with van der Waals surface area (Å²) in [6.45, 7) is 8.88. The smallest absolute Gasteiger partial charge is 0.470 e. The van der Waals surface area contributed by atoms with Crippen LogP contribution < -0.4 is 20.4 Å². The highest BCUT2D eigenvalue weighted by Gasteiger charge is 2.51. The first-order valence-electron chi connectivity index (χ1n) is 18.5. The summed E-state index contributed by atoms with van der Waals surface area (Å²) in [5.74, 6) is -0.169. The van der Waals surface area contributed by atoms with Crippen molar-refractivity contribution in [3.05, 3.63) is 120 Å². The van der Waals surface area contributed by atoms with Gasteiger partial charge < -0.3 is 33.2 Å². The molecule has 0 radical (unpaired) electrons. The highest BCUT2D eigenvalue weighted by molar-refractivity contribution is 6.62. The van der Waals surface area contributed by atoms with Crippen LogP contribution in [0.25, 0.3) is 55.8 Å². The molecule has 3 aromatic heterocycles. The Kier molecular flexibility index (Phi) is 8.33. The molecule has 5 heterocycles. The van der Waals surface area contributed by atoms with Crippen molar-refractivity contribution in [2.45, 2.75) is 52.2 Å². The number of aromatic nitrogens is 2. The van der Waals surface area contributed by atoms with Gasteiger partial charge in [0.25, 0.3) is 5.91 Å². The molecular weight excluding hydrogens is 713 g/mol. The van der Waals surface area contributed by atoms with Crippen molar-refractivity contribution in [1.29, 1.82) is 0 Å². The van der Waals surface area contributed by atoms with Gasteiger partial charge >= 0.3 is 7.12 Å². The van der Waals surface area contributed by atoms with Crippen molar-refractivity contribution in [2.75, 3.05) is 19.0 Å². The number of hydrogen-bond donors (Lipinski definition) is 1. The van der Waals surface area contributed by atoms with Gasteiger partial charge in [-0.05, 0) is 99.4 Å². The molecule has 2 aliphatic heterocycles. The number of rotatable bonds is 7. The molecule has 1 saturated heterocycles. The van der Waals surface area contributed by atoms with Crippen molar-refractivity contribution in [3.8, 4) is 39.7 Å². The number of nitrogens with one attached hydrogen (secondary N) is 1. The van der Waals surface area contributed by atoms with Crippen molar-refractivity contribution in [3.63, 3.8) is 0 Å². The number of amides is 1. The Bertz CT molecular complexity index is 2670. The van der Waals surface area contributed by atoms with Crippen molar-refractivity contribution in [1.82, 2.24) is 14.9 Å². The van der Waals surface area contributed by atoms with Crippen LogP contribution >= 0.6 is 0 Å². The molecule has 282 valence electrons. The van der Waals surface area contributed by atoms with Gasteiger partial charge in [0.1, 0.15) is 34.4 Å². The molecule has 4 aromatic carbocycles. The fraction of sp³-hybridized carbons (Fsp3) is 0.227. The molecule has 0 bridgehead atoms. The number of benzene rings is 4. The number of nitrogens with zero attached hydrogens (tertiary/aromatic N) is 3. The van der Waals surface area contributed by atoms with E-state index in [1.54, 1.807) is 31.3 Å². The lowest BCUT2D eigenvalue weighted by atomic mass is 9.79. The summed E-state index contributed by atoms with van der Waals surface area (Å²) < 4.78 is 56.0. The van der Waals surface area contributed by atoms with E-state index in [1.165, 1.54) is 18.2 Å². The third kappa shape index (κ3) is 5.82. The fourth-order valence-corrected chi connectivity index (χ4v) is 7.54. The number of hydrogen-bond acceptors (Lipinski definition) is 7. The Morgan fingerprint density at radius 1 is 0.911 bits per heavy atom. The maximum absolute atomic E-state index is 14.9. The van der Waals surface area contributed by atoms with Crippen LogP contribution in [0.2, 0.25) is 0 Å². The van der Waals surface area contributed by atoms with E-state index in [9.17, 15) is 13.6 Å².